The number of hydrogen-bond acceptors (Lipinski definition) is 4. The Labute approximate surface area is 236 Å². The minimum atomic E-state index is -3.68. The first kappa shape index (κ1) is 28.1. The number of amides is 1. The zero-order valence-corrected chi connectivity index (χ0v) is 23.4. The second kappa shape index (κ2) is 12.4. The fourth-order valence-corrected chi connectivity index (χ4v) is 7.28. The van der Waals surface area contributed by atoms with Gasteiger partial charge in [-0.3, -0.25) is 9.59 Å². The van der Waals surface area contributed by atoms with Gasteiger partial charge in [0, 0.05) is 24.9 Å². The van der Waals surface area contributed by atoms with Crippen LogP contribution in [0.5, 0.6) is 0 Å². The SMILES string of the molecule is O=C(O)CCc1ccc(-c2ccc(S(=O)(=O)NC3CCC(C(=O)N4CCC[C@@H]4c4ccccc4)CC3)cc2)cc1. The summed E-state index contributed by atoms with van der Waals surface area (Å²) in [7, 11) is -3.68. The molecule has 2 aliphatic rings. The molecule has 2 N–H and O–H groups in total. The summed E-state index contributed by atoms with van der Waals surface area (Å²) in [5.74, 6) is -0.673. The normalized spacial score (nSPS) is 21.3. The second-order valence-electron chi connectivity index (χ2n) is 10.9. The van der Waals surface area contributed by atoms with Gasteiger partial charge in [0.15, 0.2) is 0 Å². The number of carboxylic acids is 1. The van der Waals surface area contributed by atoms with Crippen LogP contribution in [0.15, 0.2) is 83.8 Å². The van der Waals surface area contributed by atoms with Crippen LogP contribution in [0.1, 0.15) is 62.1 Å². The van der Waals surface area contributed by atoms with Gasteiger partial charge in [0.2, 0.25) is 15.9 Å². The first-order chi connectivity index (χ1) is 19.3. The lowest BCUT2D eigenvalue weighted by Gasteiger charge is -2.33. The molecule has 0 radical (unpaired) electrons. The number of rotatable bonds is 9. The highest BCUT2D eigenvalue weighted by atomic mass is 32.2. The summed E-state index contributed by atoms with van der Waals surface area (Å²) < 4.78 is 29.1. The lowest BCUT2D eigenvalue weighted by Crippen LogP contribution is -2.42. The van der Waals surface area contributed by atoms with E-state index in [-0.39, 0.29) is 35.2 Å². The molecule has 1 saturated heterocycles. The van der Waals surface area contributed by atoms with Gasteiger partial charge in [0.25, 0.3) is 0 Å². The van der Waals surface area contributed by atoms with Gasteiger partial charge in [-0.2, -0.15) is 0 Å². The Morgan fingerprint density at radius 2 is 1.45 bits per heavy atom. The Balaban J connectivity index is 1.15. The van der Waals surface area contributed by atoms with Gasteiger partial charge >= 0.3 is 5.97 Å². The summed E-state index contributed by atoms with van der Waals surface area (Å²) in [6.45, 7) is 0.788. The number of hydrogen-bond donors (Lipinski definition) is 2. The van der Waals surface area contributed by atoms with Crippen molar-refractivity contribution in [2.24, 2.45) is 5.92 Å². The molecule has 1 amide bonds. The lowest BCUT2D eigenvalue weighted by molar-refractivity contribution is -0.138. The summed E-state index contributed by atoms with van der Waals surface area (Å²) in [4.78, 5) is 26.4. The van der Waals surface area contributed by atoms with Gasteiger partial charge in [0.1, 0.15) is 0 Å². The zero-order valence-electron chi connectivity index (χ0n) is 22.5. The first-order valence-electron chi connectivity index (χ1n) is 14.1. The Morgan fingerprint density at radius 3 is 2.08 bits per heavy atom. The van der Waals surface area contributed by atoms with Gasteiger partial charge in [-0.15, -0.1) is 0 Å². The molecule has 1 aliphatic carbocycles. The third-order valence-corrected chi connectivity index (χ3v) is 9.73. The third kappa shape index (κ3) is 6.62. The number of likely N-dealkylation sites (tertiary alicyclic amines) is 1. The Kier molecular flexibility index (Phi) is 8.66. The van der Waals surface area contributed by atoms with Crippen LogP contribution in [0.4, 0.5) is 0 Å². The standard InChI is InChI=1S/C32H36N2O5S/c35-31(36)21-10-23-8-11-24(12-9-23)25-15-19-29(20-16-25)40(38,39)33-28-17-13-27(14-18-28)32(37)34-22-4-7-30(34)26-5-2-1-3-6-26/h1-3,5-6,8-9,11-12,15-16,19-20,27-28,30,33H,4,7,10,13-14,17-18,21-22H2,(H,35,36)/t27?,28?,30-/m1/s1. The molecule has 5 rings (SSSR count). The van der Waals surface area contributed by atoms with Crippen LogP contribution >= 0.6 is 0 Å². The van der Waals surface area contributed by atoms with E-state index in [1.807, 2.05) is 47.4 Å². The maximum Gasteiger partial charge on any atom is 0.303 e. The number of aryl methyl sites for hydroxylation is 1. The molecule has 0 spiro atoms. The van der Waals surface area contributed by atoms with Crippen molar-refractivity contribution in [1.29, 1.82) is 0 Å². The number of carbonyl (C=O) groups is 2. The van der Waals surface area contributed by atoms with Gasteiger partial charge in [-0.25, -0.2) is 13.1 Å². The molecule has 1 heterocycles. The largest absolute Gasteiger partial charge is 0.481 e. The summed E-state index contributed by atoms with van der Waals surface area (Å²) >= 11 is 0. The smallest absolute Gasteiger partial charge is 0.303 e. The van der Waals surface area contributed by atoms with Crippen molar-refractivity contribution in [2.45, 2.75) is 68.3 Å². The Morgan fingerprint density at radius 1 is 0.825 bits per heavy atom. The summed E-state index contributed by atoms with van der Waals surface area (Å²) in [6.07, 6.45) is 5.22. The molecular weight excluding hydrogens is 524 g/mol. The lowest BCUT2D eigenvalue weighted by atomic mass is 9.85. The maximum atomic E-state index is 13.4. The summed E-state index contributed by atoms with van der Waals surface area (Å²) in [5, 5.41) is 8.85. The average molecular weight is 561 g/mol. The molecule has 2 fully saturated rings. The molecular formula is C32H36N2O5S. The van der Waals surface area contributed by atoms with E-state index in [1.165, 1.54) is 5.56 Å². The highest BCUT2D eigenvalue weighted by molar-refractivity contribution is 7.89. The fraction of sp³-hybridized carbons (Fsp3) is 0.375. The number of sulfonamides is 1. The number of nitrogens with zero attached hydrogens (tertiary/aromatic N) is 1. The van der Waals surface area contributed by atoms with E-state index >= 15 is 0 Å². The minimum absolute atomic E-state index is 0.0557. The highest BCUT2D eigenvalue weighted by Crippen LogP contribution is 2.36. The van der Waals surface area contributed by atoms with E-state index in [0.29, 0.717) is 32.1 Å². The molecule has 0 unspecified atom stereocenters. The van der Waals surface area contributed by atoms with Crippen molar-refractivity contribution in [3.8, 4) is 11.1 Å². The third-order valence-electron chi connectivity index (χ3n) is 8.20. The quantitative estimate of drug-likeness (QED) is 0.356. The second-order valence-corrected chi connectivity index (χ2v) is 12.6. The van der Waals surface area contributed by atoms with Crippen molar-refractivity contribution in [3.63, 3.8) is 0 Å². The van der Waals surface area contributed by atoms with Crippen LogP contribution in [0.25, 0.3) is 11.1 Å². The molecule has 1 aliphatic heterocycles. The minimum Gasteiger partial charge on any atom is -0.481 e. The molecule has 1 saturated carbocycles. The van der Waals surface area contributed by atoms with Crippen molar-refractivity contribution in [1.82, 2.24) is 9.62 Å². The molecule has 0 aromatic heterocycles. The van der Waals surface area contributed by atoms with Gasteiger partial charge < -0.3 is 10.0 Å². The molecule has 3 aromatic rings. The van der Waals surface area contributed by atoms with Crippen molar-refractivity contribution in [2.75, 3.05) is 6.54 Å². The number of carbonyl (C=O) groups excluding carboxylic acids is 1. The molecule has 3 aromatic carbocycles. The first-order valence-corrected chi connectivity index (χ1v) is 15.6. The van der Waals surface area contributed by atoms with Gasteiger partial charge in [-0.1, -0.05) is 66.7 Å². The number of benzene rings is 3. The predicted molar refractivity (Wildman–Crippen MR) is 154 cm³/mol. The van der Waals surface area contributed by atoms with E-state index in [0.717, 1.165) is 36.1 Å². The Hall–Kier alpha value is -3.49. The van der Waals surface area contributed by atoms with E-state index in [9.17, 15) is 18.0 Å². The van der Waals surface area contributed by atoms with E-state index in [2.05, 4.69) is 16.9 Å². The van der Waals surface area contributed by atoms with Gasteiger partial charge in [-0.05, 0) is 79.3 Å². The van der Waals surface area contributed by atoms with Crippen LogP contribution in [-0.4, -0.2) is 42.9 Å². The summed E-state index contributed by atoms with van der Waals surface area (Å²) in [5.41, 5.74) is 3.96. The average Bonchev–Trinajstić information content (AvgIpc) is 3.47. The monoisotopic (exact) mass is 560 g/mol. The maximum absolute atomic E-state index is 13.4. The van der Waals surface area contributed by atoms with Crippen molar-refractivity contribution >= 4 is 21.9 Å². The fourth-order valence-electron chi connectivity index (χ4n) is 5.97. The van der Waals surface area contributed by atoms with Gasteiger partial charge in [0.05, 0.1) is 10.9 Å². The van der Waals surface area contributed by atoms with E-state index in [1.54, 1.807) is 24.3 Å². The van der Waals surface area contributed by atoms with Crippen LogP contribution < -0.4 is 4.72 Å². The number of aliphatic carboxylic acids is 1. The molecule has 7 nitrogen and oxygen atoms in total. The van der Waals surface area contributed by atoms with E-state index < -0.39 is 16.0 Å². The van der Waals surface area contributed by atoms with Crippen LogP contribution in [0.2, 0.25) is 0 Å². The van der Waals surface area contributed by atoms with Crippen LogP contribution in [-0.2, 0) is 26.0 Å². The number of nitrogens with one attached hydrogen (secondary N) is 1. The predicted octanol–water partition coefficient (Wildman–Crippen LogP) is 5.57. The number of carboxylic acid groups (broad SMARTS) is 1. The molecule has 0 bridgehead atoms. The Bertz CT molecular complexity index is 1410. The van der Waals surface area contributed by atoms with Crippen LogP contribution in [0, 0.1) is 5.92 Å². The molecule has 8 heteroatoms. The zero-order chi connectivity index (χ0) is 28.1. The molecule has 210 valence electrons. The summed E-state index contributed by atoms with van der Waals surface area (Å²) in [6, 6.07) is 24.6. The van der Waals surface area contributed by atoms with Crippen molar-refractivity contribution < 1.29 is 23.1 Å². The topological polar surface area (TPSA) is 104 Å². The van der Waals surface area contributed by atoms with E-state index in [4.69, 9.17) is 5.11 Å². The molecule has 40 heavy (non-hydrogen) atoms. The highest BCUT2D eigenvalue weighted by Gasteiger charge is 2.36. The molecule has 1 atom stereocenters. The van der Waals surface area contributed by atoms with Crippen molar-refractivity contribution in [3.05, 3.63) is 90.0 Å². The van der Waals surface area contributed by atoms with Crippen LogP contribution in [0.3, 0.4) is 0 Å².